The van der Waals surface area contributed by atoms with Gasteiger partial charge in [-0.05, 0) is 42.8 Å². The lowest BCUT2D eigenvalue weighted by Crippen LogP contribution is -2.14. The van der Waals surface area contributed by atoms with Gasteiger partial charge in [-0.2, -0.15) is 0 Å². The van der Waals surface area contributed by atoms with Crippen LogP contribution in [-0.4, -0.2) is 16.8 Å². The summed E-state index contributed by atoms with van der Waals surface area (Å²) in [4.78, 5) is 27.9. The van der Waals surface area contributed by atoms with Crippen molar-refractivity contribution >= 4 is 23.2 Å². The lowest BCUT2D eigenvalue weighted by atomic mass is 10.1. The van der Waals surface area contributed by atoms with Crippen LogP contribution >= 0.6 is 0 Å². The van der Waals surface area contributed by atoms with Gasteiger partial charge in [0.05, 0.1) is 5.56 Å². The molecule has 2 amide bonds. The highest BCUT2D eigenvalue weighted by Gasteiger charge is 2.10. The van der Waals surface area contributed by atoms with E-state index < -0.39 is 0 Å². The molecule has 136 valence electrons. The summed E-state index contributed by atoms with van der Waals surface area (Å²) in [6.45, 7) is 3.31. The first-order chi connectivity index (χ1) is 13.0. The molecule has 0 bridgehead atoms. The normalized spacial score (nSPS) is 10.1. The van der Waals surface area contributed by atoms with Crippen molar-refractivity contribution in [1.82, 2.24) is 4.98 Å². The largest absolute Gasteiger partial charge is 0.439 e. The first-order valence-corrected chi connectivity index (χ1v) is 8.40. The zero-order chi connectivity index (χ0) is 19.2. The van der Waals surface area contributed by atoms with Gasteiger partial charge in [0, 0.05) is 30.6 Å². The van der Waals surface area contributed by atoms with Crippen molar-refractivity contribution in [2.45, 2.75) is 13.8 Å². The predicted octanol–water partition coefficient (Wildman–Crippen LogP) is 4.39. The fraction of sp³-hybridized carbons (Fsp3) is 0.0952. The summed E-state index contributed by atoms with van der Waals surface area (Å²) in [6, 6.07) is 17.9. The summed E-state index contributed by atoms with van der Waals surface area (Å²) < 4.78 is 5.62. The van der Waals surface area contributed by atoms with E-state index in [9.17, 15) is 9.59 Å². The Balaban J connectivity index is 1.70. The van der Waals surface area contributed by atoms with Crippen molar-refractivity contribution in [2.75, 3.05) is 10.6 Å². The number of pyridine rings is 1. The van der Waals surface area contributed by atoms with Crippen LogP contribution in [-0.2, 0) is 4.79 Å². The molecule has 0 saturated carbocycles. The van der Waals surface area contributed by atoms with Crippen molar-refractivity contribution in [3.8, 4) is 11.6 Å². The first kappa shape index (κ1) is 18.1. The molecule has 0 saturated heterocycles. The number of amides is 2. The van der Waals surface area contributed by atoms with Crippen LogP contribution in [0.4, 0.5) is 11.4 Å². The van der Waals surface area contributed by atoms with Crippen LogP contribution in [0.3, 0.4) is 0 Å². The number of rotatable bonds is 5. The second-order valence-electron chi connectivity index (χ2n) is 5.97. The van der Waals surface area contributed by atoms with Gasteiger partial charge in [-0.25, -0.2) is 4.98 Å². The molecule has 0 aliphatic carbocycles. The molecule has 6 nitrogen and oxygen atoms in total. The van der Waals surface area contributed by atoms with Gasteiger partial charge in [0.2, 0.25) is 11.8 Å². The molecule has 27 heavy (non-hydrogen) atoms. The Kier molecular flexibility index (Phi) is 5.47. The van der Waals surface area contributed by atoms with Crippen LogP contribution in [0.25, 0.3) is 0 Å². The second kappa shape index (κ2) is 8.14. The SMILES string of the molecule is CC(=O)Nc1ccc(C)c(NC(=O)c2ccc(Oc3ccccc3)nc2)c1. The van der Waals surface area contributed by atoms with Crippen LogP contribution in [0.2, 0.25) is 0 Å². The quantitative estimate of drug-likeness (QED) is 0.706. The average Bonchev–Trinajstić information content (AvgIpc) is 2.65. The number of nitrogens with zero attached hydrogens (tertiary/aromatic N) is 1. The molecule has 2 aromatic carbocycles. The van der Waals surface area contributed by atoms with E-state index in [0.29, 0.717) is 28.6 Å². The number of aryl methyl sites for hydroxylation is 1. The number of benzene rings is 2. The molecule has 3 rings (SSSR count). The zero-order valence-electron chi connectivity index (χ0n) is 15.0. The summed E-state index contributed by atoms with van der Waals surface area (Å²) in [6.07, 6.45) is 1.46. The minimum Gasteiger partial charge on any atom is -0.439 e. The number of hydrogen-bond donors (Lipinski definition) is 2. The van der Waals surface area contributed by atoms with Crippen molar-refractivity contribution in [1.29, 1.82) is 0 Å². The van der Waals surface area contributed by atoms with E-state index in [0.717, 1.165) is 5.56 Å². The molecule has 0 unspecified atom stereocenters. The number of ether oxygens (including phenoxy) is 1. The monoisotopic (exact) mass is 361 g/mol. The minimum absolute atomic E-state index is 0.172. The molecular formula is C21H19N3O3. The Morgan fingerprint density at radius 1 is 0.963 bits per heavy atom. The highest BCUT2D eigenvalue weighted by molar-refractivity contribution is 6.05. The number of aromatic nitrogens is 1. The van der Waals surface area contributed by atoms with E-state index >= 15 is 0 Å². The lowest BCUT2D eigenvalue weighted by molar-refractivity contribution is -0.114. The Labute approximate surface area is 157 Å². The average molecular weight is 361 g/mol. The van der Waals surface area contributed by atoms with Gasteiger partial charge in [0.1, 0.15) is 5.75 Å². The fourth-order valence-corrected chi connectivity index (χ4v) is 2.42. The maximum Gasteiger partial charge on any atom is 0.257 e. The molecule has 2 N–H and O–H groups in total. The van der Waals surface area contributed by atoms with Gasteiger partial charge in [0.25, 0.3) is 5.91 Å². The Hall–Kier alpha value is -3.67. The molecule has 0 fully saturated rings. The lowest BCUT2D eigenvalue weighted by Gasteiger charge is -2.11. The number of carbonyl (C=O) groups is 2. The third-order valence-corrected chi connectivity index (χ3v) is 3.77. The Morgan fingerprint density at radius 2 is 1.74 bits per heavy atom. The van der Waals surface area contributed by atoms with Crippen molar-refractivity contribution in [2.24, 2.45) is 0 Å². The van der Waals surface area contributed by atoms with Gasteiger partial charge in [-0.1, -0.05) is 24.3 Å². The van der Waals surface area contributed by atoms with Crippen LogP contribution in [0.15, 0.2) is 66.9 Å². The maximum atomic E-state index is 12.5. The zero-order valence-corrected chi connectivity index (χ0v) is 15.0. The molecule has 0 radical (unpaired) electrons. The molecule has 0 spiro atoms. The number of para-hydroxylation sites is 1. The summed E-state index contributed by atoms with van der Waals surface area (Å²) in [7, 11) is 0. The number of carbonyl (C=O) groups excluding carboxylic acids is 2. The van der Waals surface area contributed by atoms with Crippen LogP contribution in [0.1, 0.15) is 22.8 Å². The van der Waals surface area contributed by atoms with E-state index in [1.54, 1.807) is 24.3 Å². The van der Waals surface area contributed by atoms with E-state index in [2.05, 4.69) is 15.6 Å². The van der Waals surface area contributed by atoms with Gasteiger partial charge < -0.3 is 15.4 Å². The van der Waals surface area contributed by atoms with E-state index in [1.807, 2.05) is 43.3 Å². The molecular weight excluding hydrogens is 342 g/mol. The highest BCUT2D eigenvalue weighted by atomic mass is 16.5. The van der Waals surface area contributed by atoms with E-state index in [4.69, 9.17) is 4.74 Å². The minimum atomic E-state index is -0.295. The summed E-state index contributed by atoms with van der Waals surface area (Å²) in [5.41, 5.74) is 2.53. The summed E-state index contributed by atoms with van der Waals surface area (Å²) in [5, 5.41) is 5.54. The van der Waals surface area contributed by atoms with Crippen molar-refractivity contribution in [3.63, 3.8) is 0 Å². The summed E-state index contributed by atoms with van der Waals surface area (Å²) >= 11 is 0. The van der Waals surface area contributed by atoms with E-state index in [1.165, 1.54) is 13.1 Å². The topological polar surface area (TPSA) is 80.3 Å². The second-order valence-corrected chi connectivity index (χ2v) is 5.97. The molecule has 0 aliphatic rings. The molecule has 0 atom stereocenters. The van der Waals surface area contributed by atoms with Gasteiger partial charge in [0.15, 0.2) is 0 Å². The molecule has 6 heteroatoms. The first-order valence-electron chi connectivity index (χ1n) is 8.40. The Bertz CT molecular complexity index is 954. The smallest absolute Gasteiger partial charge is 0.257 e. The third-order valence-electron chi connectivity index (χ3n) is 3.77. The van der Waals surface area contributed by atoms with Crippen LogP contribution in [0.5, 0.6) is 11.6 Å². The summed E-state index contributed by atoms with van der Waals surface area (Å²) in [5.74, 6) is 0.611. The molecule has 1 aromatic heterocycles. The number of nitrogens with one attached hydrogen (secondary N) is 2. The van der Waals surface area contributed by atoms with Gasteiger partial charge >= 0.3 is 0 Å². The molecule has 1 heterocycles. The highest BCUT2D eigenvalue weighted by Crippen LogP contribution is 2.22. The number of hydrogen-bond acceptors (Lipinski definition) is 4. The maximum absolute atomic E-state index is 12.5. The van der Waals surface area contributed by atoms with Crippen molar-refractivity contribution in [3.05, 3.63) is 78.0 Å². The van der Waals surface area contributed by atoms with Gasteiger partial charge in [-0.15, -0.1) is 0 Å². The molecule has 3 aromatic rings. The predicted molar refractivity (Wildman–Crippen MR) is 104 cm³/mol. The number of anilines is 2. The van der Waals surface area contributed by atoms with Crippen molar-refractivity contribution < 1.29 is 14.3 Å². The van der Waals surface area contributed by atoms with E-state index in [-0.39, 0.29) is 11.8 Å². The van der Waals surface area contributed by atoms with Gasteiger partial charge in [-0.3, -0.25) is 9.59 Å². The molecule has 0 aliphatic heterocycles. The van der Waals surface area contributed by atoms with Crippen LogP contribution in [0, 0.1) is 6.92 Å². The standard InChI is InChI=1S/C21H19N3O3/c1-14-8-10-17(23-15(2)25)12-19(14)24-21(26)16-9-11-20(22-13-16)27-18-6-4-3-5-7-18/h3-13H,1-2H3,(H,23,25)(H,24,26). The Morgan fingerprint density at radius 3 is 2.41 bits per heavy atom. The van der Waals surface area contributed by atoms with Crippen LogP contribution < -0.4 is 15.4 Å². The fourth-order valence-electron chi connectivity index (χ4n) is 2.42. The third kappa shape index (κ3) is 4.92.